The number of Topliss-reactive ketones (excluding diaryl/α,β-unsaturated/α-hetero) is 1. The van der Waals surface area contributed by atoms with Crippen LogP contribution in [0.2, 0.25) is 0 Å². The molecule has 112 valence electrons. The van der Waals surface area contributed by atoms with Crippen molar-refractivity contribution in [1.29, 1.82) is 0 Å². The molecular formula is C13H17F2NO3S. The lowest BCUT2D eigenvalue weighted by Crippen LogP contribution is -2.26. The van der Waals surface area contributed by atoms with E-state index in [-0.39, 0.29) is 6.54 Å². The Morgan fingerprint density at radius 3 is 2.20 bits per heavy atom. The molecule has 0 amide bonds. The molecule has 0 aliphatic rings. The number of hydrogen-bond donors (Lipinski definition) is 1. The predicted molar refractivity (Wildman–Crippen MR) is 71.0 cm³/mol. The van der Waals surface area contributed by atoms with E-state index in [0.717, 1.165) is 6.07 Å². The van der Waals surface area contributed by atoms with E-state index in [1.54, 1.807) is 20.8 Å². The Kier molecular flexibility index (Phi) is 4.66. The quantitative estimate of drug-likeness (QED) is 0.869. The Labute approximate surface area is 117 Å². The first kappa shape index (κ1) is 16.7. The van der Waals surface area contributed by atoms with Crippen molar-refractivity contribution in [3.8, 4) is 0 Å². The lowest BCUT2D eigenvalue weighted by Gasteiger charge is -2.18. The van der Waals surface area contributed by atoms with Gasteiger partial charge >= 0.3 is 0 Å². The average Bonchev–Trinajstić information content (AvgIpc) is 2.26. The van der Waals surface area contributed by atoms with Gasteiger partial charge in [0, 0.05) is 18.0 Å². The number of nitrogens with one attached hydrogen (secondary N) is 1. The molecule has 0 saturated carbocycles. The second kappa shape index (κ2) is 5.57. The molecule has 0 radical (unpaired) electrons. The van der Waals surface area contributed by atoms with Crippen molar-refractivity contribution in [3.63, 3.8) is 0 Å². The highest BCUT2D eigenvalue weighted by Crippen LogP contribution is 2.26. The molecule has 1 N–H and O–H groups in total. The minimum Gasteiger partial charge on any atom is -0.293 e. The molecule has 1 rings (SSSR count). The second-order valence-electron chi connectivity index (χ2n) is 5.34. The number of ketones is 1. The third-order valence-corrected chi connectivity index (χ3v) is 4.13. The van der Waals surface area contributed by atoms with Gasteiger partial charge in [0.2, 0.25) is 10.0 Å². The fourth-order valence-electron chi connectivity index (χ4n) is 1.58. The van der Waals surface area contributed by atoms with Crippen LogP contribution in [-0.4, -0.2) is 20.7 Å². The summed E-state index contributed by atoms with van der Waals surface area (Å²) >= 11 is 0. The second-order valence-corrected chi connectivity index (χ2v) is 7.08. The Hall–Kier alpha value is -1.34. The smallest absolute Gasteiger partial charge is 0.243 e. The first-order valence-electron chi connectivity index (χ1n) is 6.04. The van der Waals surface area contributed by atoms with Crippen LogP contribution < -0.4 is 4.72 Å². The van der Waals surface area contributed by atoms with Crippen LogP contribution in [0.1, 0.15) is 38.1 Å². The predicted octanol–water partition coefficient (Wildman–Crippen LogP) is 2.49. The van der Waals surface area contributed by atoms with Crippen molar-refractivity contribution < 1.29 is 22.0 Å². The average molecular weight is 305 g/mol. The molecule has 0 bridgehead atoms. The number of halogens is 2. The van der Waals surface area contributed by atoms with Crippen LogP contribution in [0.4, 0.5) is 8.78 Å². The van der Waals surface area contributed by atoms with Crippen molar-refractivity contribution in [2.75, 3.05) is 6.54 Å². The summed E-state index contributed by atoms with van der Waals surface area (Å²) in [4.78, 5) is 11.3. The monoisotopic (exact) mass is 305 g/mol. The van der Waals surface area contributed by atoms with Gasteiger partial charge in [-0.05, 0) is 6.07 Å². The highest BCUT2D eigenvalue weighted by atomic mass is 32.2. The Morgan fingerprint density at radius 1 is 1.20 bits per heavy atom. The van der Waals surface area contributed by atoms with E-state index in [9.17, 15) is 22.0 Å². The number of carbonyl (C=O) groups excluding carboxylic acids is 1. The van der Waals surface area contributed by atoms with Crippen molar-refractivity contribution in [2.24, 2.45) is 5.41 Å². The molecule has 1 aromatic rings. The van der Waals surface area contributed by atoms with Crippen molar-refractivity contribution in [1.82, 2.24) is 4.72 Å². The van der Waals surface area contributed by atoms with Gasteiger partial charge in [0.05, 0.1) is 5.56 Å². The summed E-state index contributed by atoms with van der Waals surface area (Å²) in [6.45, 7) is 6.28. The third kappa shape index (κ3) is 3.40. The van der Waals surface area contributed by atoms with Crippen molar-refractivity contribution in [2.45, 2.75) is 32.6 Å². The number of carbonyl (C=O) groups is 1. The molecule has 0 aromatic heterocycles. The molecule has 7 heteroatoms. The highest BCUT2D eigenvalue weighted by Gasteiger charge is 2.29. The van der Waals surface area contributed by atoms with E-state index in [2.05, 4.69) is 4.72 Å². The van der Waals surface area contributed by atoms with Gasteiger partial charge in [-0.25, -0.2) is 21.9 Å². The van der Waals surface area contributed by atoms with Crippen LogP contribution in [0.15, 0.2) is 17.0 Å². The fourth-order valence-corrected chi connectivity index (χ4v) is 2.71. The van der Waals surface area contributed by atoms with Crippen LogP contribution in [0, 0.1) is 17.0 Å². The summed E-state index contributed by atoms with van der Waals surface area (Å²) in [5.41, 5.74) is -1.34. The minimum atomic E-state index is -4.10. The van der Waals surface area contributed by atoms with Crippen molar-refractivity contribution >= 4 is 15.8 Å². The number of sulfonamides is 1. The molecule has 0 spiro atoms. The number of rotatable bonds is 4. The zero-order valence-electron chi connectivity index (χ0n) is 11.8. The third-order valence-electron chi connectivity index (χ3n) is 2.57. The first-order valence-corrected chi connectivity index (χ1v) is 7.52. The van der Waals surface area contributed by atoms with E-state index in [0.29, 0.717) is 6.07 Å². The van der Waals surface area contributed by atoms with E-state index in [1.807, 2.05) is 0 Å². The largest absolute Gasteiger partial charge is 0.293 e. The molecule has 0 heterocycles. The Balaban J connectivity index is 3.49. The molecule has 0 aliphatic carbocycles. The summed E-state index contributed by atoms with van der Waals surface area (Å²) in [5.74, 6) is -2.89. The van der Waals surface area contributed by atoms with Crippen molar-refractivity contribution in [3.05, 3.63) is 29.3 Å². The van der Waals surface area contributed by atoms with Crippen LogP contribution in [0.5, 0.6) is 0 Å². The topological polar surface area (TPSA) is 63.2 Å². The maximum absolute atomic E-state index is 13.7. The Morgan fingerprint density at radius 2 is 1.75 bits per heavy atom. The standard InChI is InChI=1S/C13H17F2NO3S/c1-5-16-20(18,19)11-6-8(9(14)7-10(11)15)12(17)13(2,3)4/h6-7,16H,5H2,1-4H3. The maximum atomic E-state index is 13.7. The van der Waals surface area contributed by atoms with E-state index in [1.165, 1.54) is 6.92 Å². The van der Waals surface area contributed by atoms with Gasteiger partial charge in [-0.1, -0.05) is 27.7 Å². The molecule has 0 saturated heterocycles. The van der Waals surface area contributed by atoms with Gasteiger partial charge in [0.1, 0.15) is 16.5 Å². The normalized spacial score (nSPS) is 12.5. The summed E-state index contributed by atoms with van der Waals surface area (Å²) in [7, 11) is -4.10. The molecule has 0 aliphatic heterocycles. The molecular weight excluding hydrogens is 288 g/mol. The molecule has 0 fully saturated rings. The first-order chi connectivity index (χ1) is 9.00. The van der Waals surface area contributed by atoms with Crippen LogP contribution in [0.25, 0.3) is 0 Å². The lowest BCUT2D eigenvalue weighted by molar-refractivity contribution is 0.0853. The fraction of sp³-hybridized carbons (Fsp3) is 0.462. The van der Waals surface area contributed by atoms with Crippen LogP contribution in [-0.2, 0) is 10.0 Å². The summed E-state index contributed by atoms with van der Waals surface area (Å²) < 4.78 is 53.1. The van der Waals surface area contributed by atoms with Gasteiger partial charge in [-0.2, -0.15) is 0 Å². The van der Waals surface area contributed by atoms with Crippen LogP contribution in [0.3, 0.4) is 0 Å². The van der Waals surface area contributed by atoms with E-state index >= 15 is 0 Å². The van der Waals surface area contributed by atoms with Gasteiger partial charge in [-0.3, -0.25) is 4.79 Å². The summed E-state index contributed by atoms with van der Waals surface area (Å²) in [6.07, 6.45) is 0. The van der Waals surface area contributed by atoms with Gasteiger partial charge in [0.25, 0.3) is 0 Å². The number of benzene rings is 1. The minimum absolute atomic E-state index is 0.0572. The van der Waals surface area contributed by atoms with Crippen LogP contribution >= 0.6 is 0 Å². The summed E-state index contributed by atoms with van der Waals surface area (Å²) in [5, 5.41) is 0. The Bertz CT molecular complexity index is 634. The highest BCUT2D eigenvalue weighted by molar-refractivity contribution is 7.89. The SMILES string of the molecule is CCNS(=O)(=O)c1cc(C(=O)C(C)(C)C)c(F)cc1F. The van der Waals surface area contributed by atoms with Gasteiger partial charge in [0.15, 0.2) is 5.78 Å². The zero-order chi connectivity index (χ0) is 15.7. The van der Waals surface area contributed by atoms with E-state index < -0.39 is 43.3 Å². The summed E-state index contributed by atoms with van der Waals surface area (Å²) in [6, 6.07) is 1.17. The van der Waals surface area contributed by atoms with Gasteiger partial charge in [-0.15, -0.1) is 0 Å². The maximum Gasteiger partial charge on any atom is 0.243 e. The van der Waals surface area contributed by atoms with E-state index in [4.69, 9.17) is 0 Å². The molecule has 0 unspecified atom stereocenters. The molecule has 20 heavy (non-hydrogen) atoms. The lowest BCUT2D eigenvalue weighted by atomic mass is 9.86. The number of hydrogen-bond acceptors (Lipinski definition) is 3. The zero-order valence-corrected chi connectivity index (χ0v) is 12.6. The van der Waals surface area contributed by atoms with Gasteiger partial charge < -0.3 is 0 Å². The molecule has 0 atom stereocenters. The molecule has 1 aromatic carbocycles. The molecule has 4 nitrogen and oxygen atoms in total.